The summed E-state index contributed by atoms with van der Waals surface area (Å²) in [7, 11) is -2.23. The summed E-state index contributed by atoms with van der Waals surface area (Å²) in [4.78, 5) is 0. The Bertz CT molecular complexity index is 605. The van der Waals surface area contributed by atoms with Gasteiger partial charge in [0.25, 0.3) is 5.92 Å². The Morgan fingerprint density at radius 1 is 1.19 bits per heavy atom. The van der Waals surface area contributed by atoms with Gasteiger partial charge < -0.3 is 14.8 Å². The van der Waals surface area contributed by atoms with Crippen LogP contribution in [0.1, 0.15) is 69.1 Å². The topological polar surface area (TPSA) is 49.7 Å². The molecule has 1 unspecified atom stereocenters. The average molecular weight is 376 g/mol. The zero-order valence-corrected chi connectivity index (χ0v) is 14.9. The number of halogens is 4. The van der Waals surface area contributed by atoms with Crippen LogP contribution in [0, 0.1) is 11.6 Å². The molecule has 1 aromatic carbocycles. The van der Waals surface area contributed by atoms with Crippen LogP contribution in [0.2, 0.25) is 0 Å². The third kappa shape index (κ3) is 5.21. The molecule has 0 bridgehead atoms. The second-order valence-corrected chi connectivity index (χ2v) is 6.88. The summed E-state index contributed by atoms with van der Waals surface area (Å²) >= 11 is 0. The first-order chi connectivity index (χ1) is 12.3. The average Bonchev–Trinajstić information content (AvgIpc) is 3.10. The Morgan fingerprint density at radius 2 is 1.92 bits per heavy atom. The lowest BCUT2D eigenvalue weighted by molar-refractivity contribution is -0.0111. The van der Waals surface area contributed by atoms with E-state index in [1.54, 1.807) is 0 Å². The minimum Gasteiger partial charge on any atom is -0.423 e. The fraction of sp³-hybridized carbons (Fsp3) is 0.667. The third-order valence-electron chi connectivity index (χ3n) is 4.76. The molecule has 26 heavy (non-hydrogen) atoms. The maximum atomic E-state index is 14.5. The number of hydrogen-bond acceptors (Lipinski definition) is 3. The quantitative estimate of drug-likeness (QED) is 0.393. The van der Waals surface area contributed by atoms with Gasteiger partial charge in [-0.2, -0.15) is 0 Å². The highest BCUT2D eigenvalue weighted by molar-refractivity contribution is 6.58. The second-order valence-electron chi connectivity index (χ2n) is 6.88. The molecule has 146 valence electrons. The number of unbranched alkanes of at least 4 members (excludes halogenated alkanes) is 3. The van der Waals surface area contributed by atoms with E-state index < -0.39 is 54.6 Å². The lowest BCUT2D eigenvalue weighted by atomic mass is 9.76. The summed E-state index contributed by atoms with van der Waals surface area (Å²) in [6, 6.07) is 1.04. The van der Waals surface area contributed by atoms with Gasteiger partial charge in [0.1, 0.15) is 0 Å². The highest BCUT2D eigenvalue weighted by Crippen LogP contribution is 2.36. The van der Waals surface area contributed by atoms with Crippen LogP contribution in [0.4, 0.5) is 17.6 Å². The molecule has 0 amide bonds. The van der Waals surface area contributed by atoms with Gasteiger partial charge in [0, 0.05) is 30.5 Å². The van der Waals surface area contributed by atoms with Crippen LogP contribution < -0.4 is 5.46 Å². The molecule has 3 nitrogen and oxygen atoms in total. The molecule has 1 heterocycles. The fourth-order valence-electron chi connectivity index (χ4n) is 3.34. The molecule has 0 spiro atoms. The summed E-state index contributed by atoms with van der Waals surface area (Å²) in [6.45, 7) is 2.37. The van der Waals surface area contributed by atoms with Crippen molar-refractivity contribution in [1.29, 1.82) is 0 Å². The Labute approximate surface area is 151 Å². The molecule has 1 aliphatic rings. The molecule has 1 aliphatic heterocycles. The van der Waals surface area contributed by atoms with Crippen molar-refractivity contribution in [2.75, 3.05) is 6.61 Å². The van der Waals surface area contributed by atoms with Crippen molar-refractivity contribution < 1.29 is 32.3 Å². The monoisotopic (exact) mass is 376 g/mol. The first kappa shape index (κ1) is 21.2. The van der Waals surface area contributed by atoms with Crippen molar-refractivity contribution in [3.05, 3.63) is 28.8 Å². The SMILES string of the molecule is CCCCCCC(F)(F)Cc1c(C2CCCO2)cc(B(O)O)c(F)c1F. The number of rotatable bonds is 9. The van der Waals surface area contributed by atoms with Crippen LogP contribution in [0.3, 0.4) is 0 Å². The summed E-state index contributed by atoms with van der Waals surface area (Å²) in [5, 5.41) is 18.5. The predicted octanol–water partition coefficient (Wildman–Crippen LogP) is 3.64. The normalized spacial score (nSPS) is 17.7. The molecule has 0 radical (unpaired) electrons. The molecule has 1 aromatic rings. The molecule has 0 saturated carbocycles. The summed E-state index contributed by atoms with van der Waals surface area (Å²) in [5.41, 5.74) is -1.01. The first-order valence-electron chi connectivity index (χ1n) is 9.13. The van der Waals surface area contributed by atoms with E-state index in [2.05, 4.69) is 0 Å². The highest BCUT2D eigenvalue weighted by atomic mass is 19.3. The minimum absolute atomic E-state index is 0.0812. The van der Waals surface area contributed by atoms with Gasteiger partial charge in [-0.1, -0.05) is 32.3 Å². The number of hydrogen-bond donors (Lipinski definition) is 2. The van der Waals surface area contributed by atoms with Gasteiger partial charge in [0.15, 0.2) is 11.6 Å². The van der Waals surface area contributed by atoms with E-state index in [0.717, 1.165) is 18.9 Å². The van der Waals surface area contributed by atoms with E-state index in [-0.39, 0.29) is 5.56 Å². The van der Waals surface area contributed by atoms with Crippen LogP contribution in [0.15, 0.2) is 6.07 Å². The van der Waals surface area contributed by atoms with Gasteiger partial charge in [-0.15, -0.1) is 0 Å². The lowest BCUT2D eigenvalue weighted by Gasteiger charge is -2.22. The Hall–Kier alpha value is -1.12. The van der Waals surface area contributed by atoms with Gasteiger partial charge in [-0.05, 0) is 24.8 Å². The van der Waals surface area contributed by atoms with Crippen LogP contribution in [-0.2, 0) is 11.2 Å². The van der Waals surface area contributed by atoms with Crippen molar-refractivity contribution in [3.8, 4) is 0 Å². The van der Waals surface area contributed by atoms with Gasteiger partial charge >= 0.3 is 7.12 Å². The molecular weight excluding hydrogens is 351 g/mol. The van der Waals surface area contributed by atoms with Crippen molar-refractivity contribution in [1.82, 2.24) is 0 Å². The lowest BCUT2D eigenvalue weighted by Crippen LogP contribution is -2.35. The van der Waals surface area contributed by atoms with Gasteiger partial charge in [0.05, 0.1) is 6.10 Å². The first-order valence-corrected chi connectivity index (χ1v) is 9.13. The van der Waals surface area contributed by atoms with Gasteiger partial charge in [-0.25, -0.2) is 17.6 Å². The van der Waals surface area contributed by atoms with E-state index in [1.165, 1.54) is 0 Å². The minimum atomic E-state index is -3.17. The number of benzene rings is 1. The van der Waals surface area contributed by atoms with Crippen molar-refractivity contribution >= 4 is 12.6 Å². The van der Waals surface area contributed by atoms with Crippen LogP contribution in [0.5, 0.6) is 0 Å². The van der Waals surface area contributed by atoms with Crippen molar-refractivity contribution in [2.24, 2.45) is 0 Å². The predicted molar refractivity (Wildman–Crippen MR) is 91.5 cm³/mol. The van der Waals surface area contributed by atoms with E-state index in [1.807, 2.05) is 6.92 Å². The zero-order chi connectivity index (χ0) is 19.3. The Morgan fingerprint density at radius 3 is 2.50 bits per heavy atom. The molecule has 2 N–H and O–H groups in total. The Kier molecular flexibility index (Phi) is 7.49. The van der Waals surface area contributed by atoms with E-state index in [0.29, 0.717) is 32.3 Å². The maximum absolute atomic E-state index is 14.5. The van der Waals surface area contributed by atoms with Crippen molar-refractivity contribution in [3.63, 3.8) is 0 Å². The largest absolute Gasteiger partial charge is 0.491 e. The fourth-order valence-corrected chi connectivity index (χ4v) is 3.34. The smallest absolute Gasteiger partial charge is 0.423 e. The summed E-state index contributed by atoms with van der Waals surface area (Å²) in [6.07, 6.45) is 1.93. The molecule has 1 atom stereocenters. The van der Waals surface area contributed by atoms with E-state index in [9.17, 15) is 27.6 Å². The number of ether oxygens (including phenoxy) is 1. The molecule has 1 fully saturated rings. The highest BCUT2D eigenvalue weighted by Gasteiger charge is 2.36. The van der Waals surface area contributed by atoms with Gasteiger partial charge in [0.2, 0.25) is 0 Å². The molecule has 2 rings (SSSR count). The van der Waals surface area contributed by atoms with Gasteiger partial charge in [-0.3, -0.25) is 0 Å². The summed E-state index contributed by atoms with van der Waals surface area (Å²) in [5.74, 6) is -6.12. The number of alkyl halides is 2. The zero-order valence-electron chi connectivity index (χ0n) is 14.9. The molecular formula is C18H25BF4O3. The second kappa shape index (κ2) is 9.19. The van der Waals surface area contributed by atoms with E-state index in [4.69, 9.17) is 4.74 Å². The van der Waals surface area contributed by atoms with Crippen LogP contribution >= 0.6 is 0 Å². The Balaban J connectivity index is 2.31. The van der Waals surface area contributed by atoms with Crippen molar-refractivity contribution in [2.45, 2.75) is 70.3 Å². The van der Waals surface area contributed by atoms with E-state index >= 15 is 0 Å². The molecule has 8 heteroatoms. The summed E-state index contributed by atoms with van der Waals surface area (Å²) < 4.78 is 62.8. The maximum Gasteiger partial charge on any atom is 0.491 e. The molecule has 0 aromatic heterocycles. The van der Waals surface area contributed by atoms with Crippen LogP contribution in [-0.4, -0.2) is 29.7 Å². The van der Waals surface area contributed by atoms with Crippen LogP contribution in [0.25, 0.3) is 0 Å². The molecule has 0 aliphatic carbocycles. The third-order valence-corrected chi connectivity index (χ3v) is 4.76. The molecule has 1 saturated heterocycles. The standard InChI is InChI=1S/C18H25BF4O3/c1-2-3-4-5-8-18(22,23)11-13-12(15-7-6-9-26-15)10-14(19(24)25)17(21)16(13)20/h10,15,24-25H,2-9,11H2,1H3.